The Morgan fingerprint density at radius 3 is 1.44 bits per heavy atom. The molecule has 0 aliphatic carbocycles. The minimum absolute atomic E-state index is 0.190. The Balaban J connectivity index is 0.700. The number of carbonyl (C=O) groups is 1. The topological polar surface area (TPSA) is 54.0 Å². The van der Waals surface area contributed by atoms with E-state index in [9.17, 15) is 4.79 Å². The molecule has 0 aromatic rings. The van der Waals surface area contributed by atoms with Crippen LogP contribution in [0.15, 0.2) is 0 Å². The summed E-state index contributed by atoms with van der Waals surface area (Å²) < 4.78 is 27.3. The minimum atomic E-state index is -3.96. The van der Waals surface area contributed by atoms with Crippen LogP contribution in [-0.2, 0) is 29.6 Å². The van der Waals surface area contributed by atoms with Gasteiger partial charge >= 0.3 is 226 Å². The Labute approximate surface area is 266 Å². The molecular weight excluding hydrogens is 636 g/mol. The van der Waals surface area contributed by atoms with E-state index in [-0.39, 0.29) is 4.31 Å². The molecule has 9 atom stereocenters. The van der Waals surface area contributed by atoms with E-state index in [4.69, 9.17) is 18.3 Å². The number of ether oxygens (including phenoxy) is 2. The molecule has 9 unspecified atom stereocenters. The maximum atomic E-state index is 13.2. The number of unbranched alkanes of at least 4 members (excludes halogenated alkanes) is 6. The van der Waals surface area contributed by atoms with Gasteiger partial charge in [0.2, 0.25) is 0 Å². The van der Waals surface area contributed by atoms with Crippen LogP contribution in [0.1, 0.15) is 92.9 Å². The van der Waals surface area contributed by atoms with Gasteiger partial charge in [-0.1, -0.05) is 41.5 Å². The predicted molar refractivity (Wildman–Crippen MR) is 185 cm³/mol. The predicted octanol–water partition coefficient (Wildman–Crippen LogP) is 10.9. The normalized spacial score (nSPS) is 57.3. The van der Waals surface area contributed by atoms with Crippen molar-refractivity contribution in [2.24, 2.45) is 0 Å². The summed E-state index contributed by atoms with van der Waals surface area (Å²) in [4.78, 5) is 20.4. The van der Waals surface area contributed by atoms with Crippen LogP contribution in [0.3, 0.4) is 0 Å². The molecule has 10 aliphatic heterocycles. The number of hydrogen-bond donors (Lipinski definition) is 0. The molecule has 0 N–H and O–H groups in total. The van der Waals surface area contributed by atoms with Gasteiger partial charge in [0.25, 0.3) is 0 Å². The second-order valence-corrected chi connectivity index (χ2v) is 55.2. The van der Waals surface area contributed by atoms with Gasteiger partial charge in [0.1, 0.15) is 0 Å². The Morgan fingerprint density at radius 1 is 0.600 bits per heavy atom. The summed E-state index contributed by atoms with van der Waals surface area (Å²) >= 11 is 0. The summed E-state index contributed by atoms with van der Waals surface area (Å²) in [5.74, 6) is 0. The van der Waals surface area contributed by atoms with Crippen LogP contribution >= 0.6 is 0 Å². The van der Waals surface area contributed by atoms with Crippen LogP contribution in [0.5, 0.6) is 0 Å². The quantitative estimate of drug-likeness (QED) is 0.0677. The van der Waals surface area contributed by atoms with E-state index >= 15 is 0 Å². The van der Waals surface area contributed by atoms with Crippen molar-refractivity contribution in [2.75, 3.05) is 39.6 Å². The number of carbonyl (C=O) groups excluding carboxylic acids is 1. The van der Waals surface area contributed by atoms with Crippen molar-refractivity contribution in [3.63, 3.8) is 0 Å². The molecule has 10 aliphatic rings. The van der Waals surface area contributed by atoms with Gasteiger partial charge < -0.3 is 0 Å². The van der Waals surface area contributed by atoms with E-state index in [2.05, 4.69) is 67.7 Å². The molecule has 1 spiro atoms. The average molecular weight is 703 g/mol. The van der Waals surface area contributed by atoms with Crippen molar-refractivity contribution in [3.8, 4) is 0 Å². The second-order valence-electron chi connectivity index (χ2n) is 22.5. The molecule has 10 saturated heterocycles. The van der Waals surface area contributed by atoms with Crippen molar-refractivity contribution >= 4 is 22.9 Å². The van der Waals surface area contributed by atoms with Gasteiger partial charge in [0, 0.05) is 0 Å². The summed E-state index contributed by atoms with van der Waals surface area (Å²) in [7, 11) is -3.24. The molecule has 0 saturated carbocycles. The van der Waals surface area contributed by atoms with Crippen LogP contribution in [0, 0.1) is 0 Å². The molecule has 0 radical (unpaired) electrons. The number of fused-ring (bicyclic) bond motifs is 10. The van der Waals surface area contributed by atoms with Gasteiger partial charge in [-0.3, -0.25) is 0 Å². The van der Waals surface area contributed by atoms with Gasteiger partial charge in [-0.15, -0.1) is 0 Å². The van der Waals surface area contributed by atoms with Crippen LogP contribution in [0.25, 0.3) is 0 Å². The van der Waals surface area contributed by atoms with Crippen LogP contribution in [0.4, 0.5) is 0 Å². The Kier molecular flexibility index (Phi) is 3.48. The maximum absolute atomic E-state index is 13.2. The van der Waals surface area contributed by atoms with Gasteiger partial charge in [-0.25, -0.2) is 0 Å². The van der Waals surface area contributed by atoms with Crippen molar-refractivity contribution in [3.05, 3.63) is 0 Å². The summed E-state index contributed by atoms with van der Waals surface area (Å²) in [6, 6.07) is 0. The second kappa shape index (κ2) is 5.17. The number of rotatable bonds is 21. The molecule has 0 aromatic heterocycles. The summed E-state index contributed by atoms with van der Waals surface area (Å²) in [5, 5.41) is 0.585. The number of hydrogen-bond acceptors (Lipinski definition) is 5. The molecular formula is C37H66FeO5Si2. The third-order valence-corrected chi connectivity index (χ3v) is 76.9. The molecule has 10 fully saturated rings. The van der Waals surface area contributed by atoms with E-state index in [0.29, 0.717) is 18.7 Å². The standard InChI is InChI=1S/C19H33O3Si.C18H33O2Si.Fe/c1-19(2,3)23(4,5)22-14-9-7-6-8-13-21-16-18-12-10-11-17(18)15-20;1-18(2,3)21(4,5)20-15-11-7-6-10-14-19-16-17-12-8-9-13-17;/h10-12,15H,6-9,13-14,16H2,1-5H3;8-9,12-13H,6-7,10-11,14-16H2,1-5H3;. The Hall–Kier alpha value is 0.463. The molecule has 0 amide bonds. The first-order valence-electron chi connectivity index (χ1n) is 18.9. The van der Waals surface area contributed by atoms with Crippen molar-refractivity contribution < 1.29 is 29.6 Å². The van der Waals surface area contributed by atoms with Crippen LogP contribution < -0.4 is 0 Å². The van der Waals surface area contributed by atoms with Crippen molar-refractivity contribution in [1.82, 2.24) is 0 Å². The zero-order valence-electron chi connectivity index (χ0n) is 30.4. The Bertz CT molecular complexity index is 1720. The van der Waals surface area contributed by atoms with Crippen LogP contribution in [-0.4, -0.2) is 62.6 Å². The molecule has 45 heavy (non-hydrogen) atoms. The van der Waals surface area contributed by atoms with Gasteiger partial charge in [0.05, 0.1) is 0 Å². The summed E-state index contributed by atoms with van der Waals surface area (Å²) in [6.07, 6.45) is 11.2. The SMILES string of the molecule is CC(C)(C)[Si](C)(C)OCCCCCCOC[C]12[CH]3[CH]4[CH]5[CH]1[Fe]45321678[CH]2[CH]1[C]6(C=O)[C]7(COCCCCCCO[Si](C)(C)C(C)(C)C)[CH]28. The fraction of sp³-hybridized carbons (Fsp3) is 0.973. The van der Waals surface area contributed by atoms with E-state index in [1.165, 1.54) is 38.5 Å². The van der Waals surface area contributed by atoms with E-state index < -0.39 is 23.1 Å². The van der Waals surface area contributed by atoms with E-state index in [0.717, 1.165) is 86.2 Å². The molecule has 0 aromatic carbocycles. The molecule has 0 bridgehead atoms. The molecule has 8 heteroatoms. The molecule has 5 nitrogen and oxygen atoms in total. The van der Waals surface area contributed by atoms with Crippen molar-refractivity contribution in [2.45, 2.75) is 176 Å². The van der Waals surface area contributed by atoms with E-state index in [1.807, 2.05) is 0 Å². The fourth-order valence-electron chi connectivity index (χ4n) is 22.0. The van der Waals surface area contributed by atoms with E-state index in [1.54, 1.807) is 6.29 Å². The van der Waals surface area contributed by atoms with Crippen LogP contribution in [0.2, 0.25) is 82.9 Å². The van der Waals surface area contributed by atoms with Gasteiger partial charge in [0.15, 0.2) is 0 Å². The summed E-state index contributed by atoms with van der Waals surface area (Å²) in [6.45, 7) is 25.0. The third-order valence-electron chi connectivity index (χ3n) is 23.4. The third kappa shape index (κ3) is 0.957. The molecule has 260 valence electrons. The zero-order valence-corrected chi connectivity index (χ0v) is 33.5. The molecule has 10 rings (SSSR count). The van der Waals surface area contributed by atoms with Crippen molar-refractivity contribution in [1.29, 1.82) is 0 Å². The first-order valence-corrected chi connectivity index (χ1v) is 30.8. The number of aldehydes is 1. The Morgan fingerprint density at radius 2 is 1.04 bits per heavy atom. The van der Waals surface area contributed by atoms with Gasteiger partial charge in [-0.05, 0) is 0 Å². The first kappa shape index (κ1) is 30.3. The summed E-state index contributed by atoms with van der Waals surface area (Å²) in [5.41, 5.74) is 0. The first-order chi connectivity index (χ1) is 20.8. The zero-order chi connectivity index (χ0) is 32.3. The average Bonchev–Trinajstić information content (AvgIpc) is 3.90. The van der Waals surface area contributed by atoms with Gasteiger partial charge in [-0.2, -0.15) is 0 Å². The monoisotopic (exact) mass is 702 g/mol. The molecule has 10 heterocycles. The fourth-order valence-corrected chi connectivity index (χ4v) is 102.